The molecule has 2 atom stereocenters. The third kappa shape index (κ3) is 3.45. The summed E-state index contributed by atoms with van der Waals surface area (Å²) < 4.78 is 5.84. The van der Waals surface area contributed by atoms with Crippen LogP contribution in [0.4, 0.5) is 11.6 Å². The number of anilines is 2. The van der Waals surface area contributed by atoms with E-state index in [0.717, 1.165) is 50.4 Å². The summed E-state index contributed by atoms with van der Waals surface area (Å²) in [5.74, 6) is 2.10. The van der Waals surface area contributed by atoms with E-state index in [2.05, 4.69) is 20.2 Å². The molecule has 3 N–H and O–H groups in total. The molecule has 0 radical (unpaired) electrons. The lowest BCUT2D eigenvalue weighted by molar-refractivity contribution is -0.130. The smallest absolute Gasteiger partial charge is 0.246 e. The normalized spacial score (nSPS) is 28.1. The minimum absolute atomic E-state index is 0.183. The number of amides is 1. The Hall–Kier alpha value is -1.89. The van der Waals surface area contributed by atoms with Gasteiger partial charge in [-0.2, -0.15) is 0 Å². The summed E-state index contributed by atoms with van der Waals surface area (Å²) in [6, 6.07) is 2.64. The summed E-state index contributed by atoms with van der Waals surface area (Å²) in [7, 11) is 0. The number of ether oxygens (including phenoxy) is 1. The highest BCUT2D eigenvalue weighted by atomic mass is 16.5. The van der Waals surface area contributed by atoms with Gasteiger partial charge in [-0.3, -0.25) is 4.79 Å². The molecular formula is C17H25N5O2. The maximum absolute atomic E-state index is 11.2. The van der Waals surface area contributed by atoms with Crippen LogP contribution < -0.4 is 16.0 Å². The first kappa shape index (κ1) is 15.6. The summed E-state index contributed by atoms with van der Waals surface area (Å²) in [5, 5.41) is 3.42. The molecule has 0 bridgehead atoms. The number of nitrogens with one attached hydrogen (secondary N) is 1. The van der Waals surface area contributed by atoms with Crippen molar-refractivity contribution < 1.29 is 9.53 Å². The number of hydrogen-bond donors (Lipinski definition) is 2. The van der Waals surface area contributed by atoms with Crippen molar-refractivity contribution in [3.8, 4) is 0 Å². The Morgan fingerprint density at radius 1 is 1.17 bits per heavy atom. The van der Waals surface area contributed by atoms with E-state index >= 15 is 0 Å². The molecule has 4 rings (SSSR count). The van der Waals surface area contributed by atoms with Crippen LogP contribution in [0.15, 0.2) is 12.4 Å². The summed E-state index contributed by atoms with van der Waals surface area (Å²) in [6.07, 6.45) is 7.74. The standard InChI is InChI=1S/C17H25N5O2/c18-17(23)14-4-3-13(24-14)11-5-7-22(8-6-11)16-9-15(19-10-20-16)21-12-1-2-12/h9-14H,1-8H2,(H2,18,23)(H,19,20,21)/t13-,14+/m0/s1. The van der Waals surface area contributed by atoms with Crippen LogP contribution in [0, 0.1) is 5.92 Å². The number of hydrogen-bond acceptors (Lipinski definition) is 6. The molecule has 2 aliphatic heterocycles. The highest BCUT2D eigenvalue weighted by molar-refractivity contribution is 5.79. The van der Waals surface area contributed by atoms with Crippen molar-refractivity contribution in [2.75, 3.05) is 23.3 Å². The second-order valence-electron chi connectivity index (χ2n) is 7.15. The van der Waals surface area contributed by atoms with Crippen LogP contribution in [0.1, 0.15) is 38.5 Å². The third-order valence-corrected chi connectivity index (χ3v) is 5.34. The third-order valence-electron chi connectivity index (χ3n) is 5.34. The maximum Gasteiger partial charge on any atom is 0.246 e. The number of aromatic nitrogens is 2. The molecular weight excluding hydrogens is 306 g/mol. The minimum Gasteiger partial charge on any atom is -0.367 e. The number of nitrogens with zero attached hydrogens (tertiary/aromatic N) is 3. The van der Waals surface area contributed by atoms with Gasteiger partial charge < -0.3 is 20.7 Å². The zero-order valence-corrected chi connectivity index (χ0v) is 13.9. The lowest BCUT2D eigenvalue weighted by Crippen LogP contribution is -2.39. The molecule has 1 aromatic heterocycles. The summed E-state index contributed by atoms with van der Waals surface area (Å²) in [4.78, 5) is 22.3. The lowest BCUT2D eigenvalue weighted by atomic mass is 9.90. The van der Waals surface area contributed by atoms with Crippen molar-refractivity contribution in [1.82, 2.24) is 9.97 Å². The van der Waals surface area contributed by atoms with Gasteiger partial charge in [0.25, 0.3) is 0 Å². The molecule has 130 valence electrons. The Kier molecular flexibility index (Phi) is 4.26. The molecule has 2 saturated heterocycles. The molecule has 3 heterocycles. The van der Waals surface area contributed by atoms with Crippen molar-refractivity contribution in [1.29, 1.82) is 0 Å². The Labute approximate surface area is 142 Å². The maximum atomic E-state index is 11.2. The van der Waals surface area contributed by atoms with E-state index in [1.165, 1.54) is 12.8 Å². The van der Waals surface area contributed by atoms with Gasteiger partial charge in [0.1, 0.15) is 24.1 Å². The molecule has 0 unspecified atom stereocenters. The van der Waals surface area contributed by atoms with Gasteiger partial charge >= 0.3 is 0 Å². The van der Waals surface area contributed by atoms with Crippen LogP contribution >= 0.6 is 0 Å². The van der Waals surface area contributed by atoms with E-state index in [1.54, 1.807) is 6.33 Å². The summed E-state index contributed by atoms with van der Waals surface area (Å²) in [5.41, 5.74) is 5.35. The number of primary amides is 1. The minimum atomic E-state index is -0.383. The van der Waals surface area contributed by atoms with Crippen molar-refractivity contribution in [2.45, 2.75) is 56.8 Å². The van der Waals surface area contributed by atoms with Crippen LogP contribution in [0.5, 0.6) is 0 Å². The molecule has 7 nitrogen and oxygen atoms in total. The fraction of sp³-hybridized carbons (Fsp3) is 0.706. The SMILES string of the molecule is NC(=O)[C@H]1CC[C@@H](C2CCN(c3cc(NC4CC4)ncn3)CC2)O1. The number of nitrogens with two attached hydrogens (primary N) is 1. The Morgan fingerprint density at radius 3 is 2.62 bits per heavy atom. The van der Waals surface area contributed by atoms with Gasteiger partial charge in [-0.1, -0.05) is 0 Å². The first-order chi connectivity index (χ1) is 11.7. The van der Waals surface area contributed by atoms with Crippen LogP contribution in [-0.4, -0.2) is 47.2 Å². The molecule has 3 aliphatic rings. The van der Waals surface area contributed by atoms with Crippen LogP contribution in [0.25, 0.3) is 0 Å². The van der Waals surface area contributed by atoms with Gasteiger partial charge in [0.05, 0.1) is 6.10 Å². The van der Waals surface area contributed by atoms with Gasteiger partial charge in [0, 0.05) is 25.2 Å². The summed E-state index contributed by atoms with van der Waals surface area (Å²) in [6.45, 7) is 1.93. The van der Waals surface area contributed by atoms with Crippen LogP contribution in [0.2, 0.25) is 0 Å². The number of piperidine rings is 1. The molecule has 24 heavy (non-hydrogen) atoms. The van der Waals surface area contributed by atoms with E-state index in [4.69, 9.17) is 10.5 Å². The van der Waals surface area contributed by atoms with Gasteiger partial charge in [-0.25, -0.2) is 9.97 Å². The average Bonchev–Trinajstić information content (AvgIpc) is 3.26. The highest BCUT2D eigenvalue weighted by Gasteiger charge is 2.36. The van der Waals surface area contributed by atoms with Crippen LogP contribution in [0.3, 0.4) is 0 Å². The topological polar surface area (TPSA) is 93.4 Å². The van der Waals surface area contributed by atoms with Gasteiger partial charge in [-0.05, 0) is 44.4 Å². The number of carbonyl (C=O) groups is 1. The molecule has 1 amide bonds. The molecule has 1 saturated carbocycles. The molecule has 0 aromatic carbocycles. The molecule has 0 spiro atoms. The van der Waals surface area contributed by atoms with Crippen LogP contribution in [-0.2, 0) is 9.53 Å². The monoisotopic (exact) mass is 331 g/mol. The second kappa shape index (κ2) is 6.55. The predicted octanol–water partition coefficient (Wildman–Crippen LogP) is 1.30. The van der Waals surface area contributed by atoms with Gasteiger partial charge in [0.2, 0.25) is 5.91 Å². The average molecular weight is 331 g/mol. The van der Waals surface area contributed by atoms with Crippen molar-refractivity contribution in [2.24, 2.45) is 11.7 Å². The quantitative estimate of drug-likeness (QED) is 0.845. The Bertz CT molecular complexity index is 598. The molecule has 3 fully saturated rings. The van der Waals surface area contributed by atoms with Crippen molar-refractivity contribution in [3.05, 3.63) is 12.4 Å². The van der Waals surface area contributed by atoms with E-state index in [-0.39, 0.29) is 18.1 Å². The van der Waals surface area contributed by atoms with E-state index in [9.17, 15) is 4.79 Å². The first-order valence-electron chi connectivity index (χ1n) is 8.97. The van der Waals surface area contributed by atoms with Gasteiger partial charge in [-0.15, -0.1) is 0 Å². The fourth-order valence-corrected chi connectivity index (χ4v) is 3.75. The Morgan fingerprint density at radius 2 is 1.96 bits per heavy atom. The molecule has 7 heteroatoms. The van der Waals surface area contributed by atoms with Gasteiger partial charge in [0.15, 0.2) is 0 Å². The van der Waals surface area contributed by atoms with E-state index in [0.29, 0.717) is 12.0 Å². The van der Waals surface area contributed by atoms with Crippen molar-refractivity contribution >= 4 is 17.5 Å². The largest absolute Gasteiger partial charge is 0.367 e. The predicted molar refractivity (Wildman–Crippen MR) is 90.7 cm³/mol. The first-order valence-corrected chi connectivity index (χ1v) is 8.97. The van der Waals surface area contributed by atoms with E-state index < -0.39 is 0 Å². The van der Waals surface area contributed by atoms with Crippen molar-refractivity contribution in [3.63, 3.8) is 0 Å². The second-order valence-corrected chi connectivity index (χ2v) is 7.15. The Balaban J connectivity index is 1.32. The summed E-state index contributed by atoms with van der Waals surface area (Å²) >= 11 is 0. The zero-order chi connectivity index (χ0) is 16.5. The lowest BCUT2D eigenvalue weighted by Gasteiger charge is -2.35. The molecule has 1 aliphatic carbocycles. The number of carbonyl (C=O) groups excluding carboxylic acids is 1. The fourth-order valence-electron chi connectivity index (χ4n) is 3.75. The molecule has 1 aromatic rings. The zero-order valence-electron chi connectivity index (χ0n) is 13.9. The van der Waals surface area contributed by atoms with E-state index in [1.807, 2.05) is 6.07 Å². The highest BCUT2D eigenvalue weighted by Crippen LogP contribution is 2.33. The number of rotatable bonds is 5.